The summed E-state index contributed by atoms with van der Waals surface area (Å²) in [6, 6.07) is 85.1. The number of benzene rings is 11. The molecule has 17 rings (SSSR count). The SMILES string of the molecule is Cc1cccc(N(c2cccc(C)c2)c2cc3c4c(c2)N(c2ccc5c(c2)-c2ccccc2C5(C)C)c2cc5c(cc2B4c2cc4c(cc2N3c2ccc3c(c2)-c2ccccc2C3(C)C)-c2ccccc2C4(C)C)C(C)(C)c2ccccc2-5)c1. The minimum Gasteiger partial charge on any atom is -0.311 e. The topological polar surface area (TPSA) is 9.72 Å². The molecule has 0 bridgehead atoms. The molecule has 6 aliphatic rings. The first-order valence-electron chi connectivity index (χ1n) is 30.3. The Bertz CT molecular complexity index is 4450. The van der Waals surface area contributed by atoms with Crippen LogP contribution in [-0.4, -0.2) is 6.71 Å². The van der Waals surface area contributed by atoms with Crippen molar-refractivity contribution in [2.45, 2.75) is 90.9 Å². The summed E-state index contributed by atoms with van der Waals surface area (Å²) in [6.07, 6.45) is 0. The van der Waals surface area contributed by atoms with Crippen molar-refractivity contribution in [2.75, 3.05) is 14.7 Å². The maximum Gasteiger partial charge on any atom is 0.252 e. The van der Waals surface area contributed by atoms with Crippen LogP contribution in [0.4, 0.5) is 51.2 Å². The monoisotopic (exact) mass is 1080 g/mol. The van der Waals surface area contributed by atoms with Gasteiger partial charge < -0.3 is 14.7 Å². The molecule has 0 amide bonds. The van der Waals surface area contributed by atoms with E-state index in [9.17, 15) is 0 Å². The second kappa shape index (κ2) is 16.8. The van der Waals surface area contributed by atoms with Gasteiger partial charge in [0.15, 0.2) is 0 Å². The largest absolute Gasteiger partial charge is 0.311 e. The Kier molecular flexibility index (Phi) is 9.89. The molecule has 84 heavy (non-hydrogen) atoms. The highest BCUT2D eigenvalue weighted by atomic mass is 15.2. The lowest BCUT2D eigenvalue weighted by Crippen LogP contribution is -2.61. The molecule has 11 aromatic rings. The van der Waals surface area contributed by atoms with E-state index in [0.717, 1.165) is 28.4 Å². The molecule has 11 aromatic carbocycles. The van der Waals surface area contributed by atoms with E-state index in [1.165, 1.54) is 139 Å². The summed E-state index contributed by atoms with van der Waals surface area (Å²) in [5.41, 5.74) is 37.7. The van der Waals surface area contributed by atoms with Crippen molar-refractivity contribution in [2.24, 2.45) is 0 Å². The van der Waals surface area contributed by atoms with Crippen molar-refractivity contribution in [3.05, 3.63) is 274 Å². The van der Waals surface area contributed by atoms with Gasteiger partial charge in [0.1, 0.15) is 0 Å². The van der Waals surface area contributed by atoms with Gasteiger partial charge in [-0.3, -0.25) is 0 Å². The zero-order chi connectivity index (χ0) is 57.1. The van der Waals surface area contributed by atoms with Crippen molar-refractivity contribution in [3.63, 3.8) is 0 Å². The third-order valence-electron chi connectivity index (χ3n) is 20.9. The van der Waals surface area contributed by atoms with Gasteiger partial charge >= 0.3 is 0 Å². The molecule has 0 saturated heterocycles. The minimum absolute atomic E-state index is 0.120. The van der Waals surface area contributed by atoms with Crippen LogP contribution in [0.15, 0.2) is 218 Å². The number of aryl methyl sites for hydroxylation is 2. The maximum absolute atomic E-state index is 2.68. The lowest BCUT2D eigenvalue weighted by Gasteiger charge is -2.46. The Labute approximate surface area is 495 Å². The smallest absolute Gasteiger partial charge is 0.252 e. The van der Waals surface area contributed by atoms with Gasteiger partial charge in [0, 0.05) is 67.2 Å². The van der Waals surface area contributed by atoms with Gasteiger partial charge in [-0.25, -0.2) is 0 Å². The van der Waals surface area contributed by atoms with Crippen LogP contribution in [0.25, 0.3) is 44.5 Å². The van der Waals surface area contributed by atoms with Crippen molar-refractivity contribution in [1.82, 2.24) is 0 Å². The fraction of sp³-hybridized carbons (Fsp3) is 0.175. The molecular weight excluding hydrogens is 1010 g/mol. The van der Waals surface area contributed by atoms with Crippen LogP contribution < -0.4 is 31.1 Å². The molecule has 0 N–H and O–H groups in total. The lowest BCUT2D eigenvalue weighted by molar-refractivity contribution is 0.660. The summed E-state index contributed by atoms with van der Waals surface area (Å²) in [4.78, 5) is 7.87. The number of hydrogen-bond donors (Lipinski definition) is 0. The number of rotatable bonds is 5. The van der Waals surface area contributed by atoms with Crippen LogP contribution in [-0.2, 0) is 21.7 Å². The number of fused-ring (bicyclic) bond motifs is 16. The van der Waals surface area contributed by atoms with Crippen molar-refractivity contribution >= 4 is 74.3 Å². The van der Waals surface area contributed by atoms with E-state index in [2.05, 4.69) is 302 Å². The van der Waals surface area contributed by atoms with Gasteiger partial charge in [0.05, 0.1) is 5.69 Å². The van der Waals surface area contributed by atoms with Crippen LogP contribution in [0, 0.1) is 13.8 Å². The molecule has 3 nitrogen and oxygen atoms in total. The molecule has 4 heteroatoms. The summed E-state index contributed by atoms with van der Waals surface area (Å²) in [6.45, 7) is 23.7. The van der Waals surface area contributed by atoms with Crippen LogP contribution in [0.5, 0.6) is 0 Å². The molecule has 0 unspecified atom stereocenters. The van der Waals surface area contributed by atoms with Crippen molar-refractivity contribution in [1.29, 1.82) is 0 Å². The summed E-state index contributed by atoms with van der Waals surface area (Å²) in [5.74, 6) is 0. The summed E-state index contributed by atoms with van der Waals surface area (Å²) < 4.78 is 0. The third kappa shape index (κ3) is 6.49. The Morgan fingerprint density at radius 2 is 0.631 bits per heavy atom. The molecule has 0 atom stereocenters. The average molecular weight is 1080 g/mol. The van der Waals surface area contributed by atoms with Gasteiger partial charge in [-0.2, -0.15) is 0 Å². The van der Waals surface area contributed by atoms with Crippen LogP contribution in [0.1, 0.15) is 111 Å². The molecule has 0 aromatic heterocycles. The van der Waals surface area contributed by atoms with Crippen molar-refractivity contribution in [3.8, 4) is 44.5 Å². The number of nitrogens with zero attached hydrogens (tertiary/aromatic N) is 3. The Morgan fingerprint density at radius 1 is 0.286 bits per heavy atom. The predicted molar refractivity (Wildman–Crippen MR) is 355 cm³/mol. The van der Waals surface area contributed by atoms with E-state index < -0.39 is 0 Å². The van der Waals surface area contributed by atoms with Gasteiger partial charge in [-0.05, 0) is 203 Å². The predicted octanol–water partition coefficient (Wildman–Crippen LogP) is 19.1. The van der Waals surface area contributed by atoms with E-state index >= 15 is 0 Å². The lowest BCUT2D eigenvalue weighted by atomic mass is 9.33. The summed E-state index contributed by atoms with van der Waals surface area (Å²) in [7, 11) is 0. The van der Waals surface area contributed by atoms with E-state index in [4.69, 9.17) is 0 Å². The first-order valence-corrected chi connectivity index (χ1v) is 30.3. The molecule has 0 radical (unpaired) electrons. The molecule has 2 aliphatic heterocycles. The standard InChI is InChI=1S/C80H66BN3/c1-47-21-19-23-49(37-47)82(50-24-20-22-48(2)38-50)53-41-74-76-75(42-53)84(52-34-36-67-59(40-52)55-26-12-16-30-63(55)78(67,5)6)73-44-61-57-28-14-18-32-65(57)80(9,10)69(61)46-71(73)81(76)70-45-68-60(56-27-13-17-31-64(56)79(68,7)8)43-72(70)83(74)51-33-35-66-58(39-51)54-25-11-15-29-62(54)77(66,3)4/h11-46H,1-10H3. The zero-order valence-electron chi connectivity index (χ0n) is 49.7. The fourth-order valence-electron chi connectivity index (χ4n) is 16.7. The zero-order valence-corrected chi connectivity index (χ0v) is 49.7. The summed E-state index contributed by atoms with van der Waals surface area (Å²) in [5, 5.41) is 0. The molecule has 0 spiro atoms. The highest BCUT2D eigenvalue weighted by Gasteiger charge is 2.49. The first-order chi connectivity index (χ1) is 40.5. The normalized spacial score (nSPS) is 16.3. The molecular formula is C80H66BN3. The number of anilines is 9. The minimum atomic E-state index is -0.219. The Hall–Kier alpha value is -9.12. The van der Waals surface area contributed by atoms with Gasteiger partial charge in [0.25, 0.3) is 6.71 Å². The van der Waals surface area contributed by atoms with Gasteiger partial charge in [-0.15, -0.1) is 0 Å². The van der Waals surface area contributed by atoms with Crippen LogP contribution in [0.3, 0.4) is 0 Å². The molecule has 0 fully saturated rings. The van der Waals surface area contributed by atoms with Gasteiger partial charge in [0.2, 0.25) is 0 Å². The van der Waals surface area contributed by atoms with E-state index in [1.54, 1.807) is 0 Å². The van der Waals surface area contributed by atoms with E-state index in [0.29, 0.717) is 0 Å². The van der Waals surface area contributed by atoms with Crippen LogP contribution in [0.2, 0.25) is 0 Å². The Morgan fingerprint density at radius 3 is 1.01 bits per heavy atom. The second-order valence-electron chi connectivity index (χ2n) is 27.1. The number of hydrogen-bond acceptors (Lipinski definition) is 3. The maximum atomic E-state index is 2.68. The Balaban J connectivity index is 1.04. The average Bonchev–Trinajstić information content (AvgIpc) is 1.12. The molecule has 0 saturated carbocycles. The van der Waals surface area contributed by atoms with Crippen LogP contribution >= 0.6 is 0 Å². The molecule has 4 aliphatic carbocycles. The fourth-order valence-corrected chi connectivity index (χ4v) is 16.7. The first kappa shape index (κ1) is 49.5. The highest BCUT2D eigenvalue weighted by molar-refractivity contribution is 7.00. The second-order valence-corrected chi connectivity index (χ2v) is 27.1. The quantitative estimate of drug-likeness (QED) is 0.159. The highest BCUT2D eigenvalue weighted by Crippen LogP contribution is 2.58. The third-order valence-corrected chi connectivity index (χ3v) is 20.9. The van der Waals surface area contributed by atoms with E-state index in [1.807, 2.05) is 0 Å². The molecule has 404 valence electrons. The van der Waals surface area contributed by atoms with E-state index in [-0.39, 0.29) is 28.4 Å². The van der Waals surface area contributed by atoms with Gasteiger partial charge in [-0.1, -0.05) is 201 Å². The van der Waals surface area contributed by atoms with Crippen molar-refractivity contribution < 1.29 is 0 Å². The summed E-state index contributed by atoms with van der Waals surface area (Å²) >= 11 is 0. The molecule has 2 heterocycles.